The van der Waals surface area contributed by atoms with Crippen LogP contribution >= 0.6 is 11.6 Å². The van der Waals surface area contributed by atoms with Crippen LogP contribution in [0.15, 0.2) is 48.5 Å². The number of amides is 1. The van der Waals surface area contributed by atoms with Gasteiger partial charge in [0.25, 0.3) is 0 Å². The molecule has 0 spiro atoms. The highest BCUT2D eigenvalue weighted by molar-refractivity contribution is 6.30. The topological polar surface area (TPSA) is 111 Å². The van der Waals surface area contributed by atoms with E-state index in [0.717, 1.165) is 16.7 Å². The number of ether oxygens (including phenoxy) is 1. The van der Waals surface area contributed by atoms with Crippen molar-refractivity contribution in [3.8, 4) is 11.1 Å². The van der Waals surface area contributed by atoms with Gasteiger partial charge in [0.1, 0.15) is 6.04 Å². The highest BCUT2D eigenvalue weighted by Crippen LogP contribution is 2.23. The first-order valence-electron chi connectivity index (χ1n) is 10.2. The lowest BCUT2D eigenvalue weighted by atomic mass is 10.00. The number of esters is 1. The lowest BCUT2D eigenvalue weighted by Crippen LogP contribution is -2.49. The zero-order valence-corrected chi connectivity index (χ0v) is 18.8. The Morgan fingerprint density at radius 1 is 1.16 bits per heavy atom. The highest BCUT2D eigenvalue weighted by atomic mass is 35.5. The molecule has 10 heteroatoms. The second-order valence-corrected chi connectivity index (χ2v) is 7.66. The van der Waals surface area contributed by atoms with Gasteiger partial charge in [0, 0.05) is 12.1 Å². The van der Waals surface area contributed by atoms with E-state index in [0.29, 0.717) is 11.4 Å². The monoisotopic (exact) mass is 456 g/mol. The molecule has 1 heterocycles. The fourth-order valence-corrected chi connectivity index (χ4v) is 3.32. The number of carbonyl (C=O) groups excluding carboxylic acids is 2. The van der Waals surface area contributed by atoms with Gasteiger partial charge >= 0.3 is 5.97 Å². The van der Waals surface area contributed by atoms with Gasteiger partial charge in [-0.1, -0.05) is 53.1 Å². The molecule has 32 heavy (non-hydrogen) atoms. The average molecular weight is 457 g/mol. The first-order chi connectivity index (χ1) is 15.4. The third kappa shape index (κ3) is 6.12. The summed E-state index contributed by atoms with van der Waals surface area (Å²) in [5, 5.41) is 17.4. The number of rotatable bonds is 9. The number of anilines is 1. The van der Waals surface area contributed by atoms with Crippen molar-refractivity contribution in [3.63, 3.8) is 0 Å². The Morgan fingerprint density at radius 2 is 1.91 bits per heavy atom. The molecule has 168 valence electrons. The summed E-state index contributed by atoms with van der Waals surface area (Å²) in [7, 11) is 1.62. The van der Waals surface area contributed by atoms with Crippen LogP contribution in [0.2, 0.25) is 5.02 Å². The Balaban J connectivity index is 1.77. The normalized spacial score (nSPS) is 12.8. The number of carbonyl (C=O) groups is 2. The summed E-state index contributed by atoms with van der Waals surface area (Å²) in [6.07, 6.45) is 0.344. The SMILES string of the molecule is CCOC(=O)[C@H](C)N[C@@H](Cc1ccc(-c2cccc(Cl)c2)cc1)C(=O)Nc1nnnn1C. The van der Waals surface area contributed by atoms with Gasteiger partial charge in [0.05, 0.1) is 12.6 Å². The molecular weight excluding hydrogens is 432 g/mol. The van der Waals surface area contributed by atoms with Crippen molar-refractivity contribution in [2.75, 3.05) is 11.9 Å². The molecule has 0 aliphatic rings. The third-order valence-corrected chi connectivity index (χ3v) is 5.05. The van der Waals surface area contributed by atoms with Gasteiger partial charge < -0.3 is 4.74 Å². The maximum atomic E-state index is 13.0. The second kappa shape index (κ2) is 10.8. The van der Waals surface area contributed by atoms with Gasteiger partial charge in [0.15, 0.2) is 0 Å². The largest absolute Gasteiger partial charge is 0.465 e. The Bertz CT molecular complexity index is 1070. The maximum Gasteiger partial charge on any atom is 0.322 e. The number of tetrazole rings is 1. The molecule has 3 aromatic rings. The van der Waals surface area contributed by atoms with Crippen LogP contribution in [0.5, 0.6) is 0 Å². The quantitative estimate of drug-likeness (QED) is 0.476. The van der Waals surface area contributed by atoms with E-state index in [-0.39, 0.29) is 18.5 Å². The minimum Gasteiger partial charge on any atom is -0.465 e. The second-order valence-electron chi connectivity index (χ2n) is 7.22. The van der Waals surface area contributed by atoms with Gasteiger partial charge in [-0.25, -0.2) is 4.68 Å². The molecule has 2 N–H and O–H groups in total. The fraction of sp³-hybridized carbons (Fsp3) is 0.318. The minimum atomic E-state index is -0.719. The van der Waals surface area contributed by atoms with Crippen molar-refractivity contribution in [2.24, 2.45) is 7.05 Å². The van der Waals surface area contributed by atoms with Crippen molar-refractivity contribution >= 4 is 29.4 Å². The number of aromatic nitrogens is 4. The summed E-state index contributed by atoms with van der Waals surface area (Å²) in [6, 6.07) is 14.0. The zero-order valence-electron chi connectivity index (χ0n) is 18.1. The van der Waals surface area contributed by atoms with Gasteiger partial charge in [-0.05, 0) is 59.5 Å². The molecule has 3 rings (SSSR count). The summed E-state index contributed by atoms with van der Waals surface area (Å²) in [6.45, 7) is 3.65. The average Bonchev–Trinajstić information content (AvgIpc) is 3.18. The number of aryl methyl sites for hydroxylation is 1. The summed E-state index contributed by atoms with van der Waals surface area (Å²) in [4.78, 5) is 25.0. The molecule has 2 aromatic carbocycles. The smallest absolute Gasteiger partial charge is 0.322 e. The van der Waals surface area contributed by atoms with Crippen molar-refractivity contribution in [2.45, 2.75) is 32.4 Å². The predicted octanol–water partition coefficient (Wildman–Crippen LogP) is 2.62. The summed E-state index contributed by atoms with van der Waals surface area (Å²) in [5.74, 6) is -0.582. The standard InChI is InChI=1S/C22H25ClN6O3/c1-4-32-21(31)14(2)24-19(20(30)25-22-26-27-28-29(22)3)12-15-8-10-16(11-9-15)17-6-5-7-18(23)13-17/h5-11,13-14,19,24H,4,12H2,1-3H3,(H,25,26,28,30)/t14-,19-/m0/s1. The van der Waals surface area contributed by atoms with Crippen LogP contribution < -0.4 is 10.6 Å². The number of nitrogens with zero attached hydrogens (tertiary/aromatic N) is 4. The molecule has 0 saturated heterocycles. The Kier molecular flexibility index (Phi) is 7.91. The fourth-order valence-electron chi connectivity index (χ4n) is 3.13. The molecule has 9 nitrogen and oxygen atoms in total. The van der Waals surface area contributed by atoms with Crippen LogP contribution in [0.4, 0.5) is 5.95 Å². The molecule has 2 atom stereocenters. The summed E-state index contributed by atoms with van der Waals surface area (Å²) >= 11 is 6.09. The molecule has 1 amide bonds. The molecule has 0 bridgehead atoms. The van der Waals surface area contributed by atoms with Crippen molar-refractivity contribution in [1.29, 1.82) is 0 Å². The van der Waals surface area contributed by atoms with Gasteiger partial charge in [-0.2, -0.15) is 0 Å². The lowest BCUT2D eigenvalue weighted by Gasteiger charge is -2.22. The van der Waals surface area contributed by atoms with E-state index in [1.165, 1.54) is 4.68 Å². The van der Waals surface area contributed by atoms with Crippen molar-refractivity contribution in [3.05, 3.63) is 59.1 Å². The van der Waals surface area contributed by atoms with E-state index in [1.54, 1.807) is 20.9 Å². The van der Waals surface area contributed by atoms with Crippen LogP contribution in [-0.2, 0) is 27.8 Å². The van der Waals surface area contributed by atoms with E-state index in [9.17, 15) is 9.59 Å². The number of nitrogens with one attached hydrogen (secondary N) is 2. The minimum absolute atomic E-state index is 0.210. The summed E-state index contributed by atoms with van der Waals surface area (Å²) < 4.78 is 6.40. The van der Waals surface area contributed by atoms with E-state index in [2.05, 4.69) is 26.2 Å². The molecule has 0 radical (unpaired) electrons. The maximum absolute atomic E-state index is 13.0. The first-order valence-corrected chi connectivity index (χ1v) is 10.6. The molecular formula is C22H25ClN6O3. The van der Waals surface area contributed by atoms with E-state index < -0.39 is 18.1 Å². The molecule has 0 aliphatic heterocycles. The van der Waals surface area contributed by atoms with E-state index in [1.807, 2.05) is 48.5 Å². The van der Waals surface area contributed by atoms with Crippen molar-refractivity contribution < 1.29 is 14.3 Å². The molecule has 0 fully saturated rings. The van der Waals surface area contributed by atoms with Crippen LogP contribution in [0.3, 0.4) is 0 Å². The first kappa shape index (κ1) is 23.4. The van der Waals surface area contributed by atoms with Crippen LogP contribution in [0, 0.1) is 0 Å². The lowest BCUT2D eigenvalue weighted by molar-refractivity contribution is -0.145. The highest BCUT2D eigenvalue weighted by Gasteiger charge is 2.26. The predicted molar refractivity (Wildman–Crippen MR) is 121 cm³/mol. The summed E-state index contributed by atoms with van der Waals surface area (Å²) in [5.41, 5.74) is 2.92. The molecule has 0 aliphatic carbocycles. The number of halogens is 1. The van der Waals surface area contributed by atoms with Gasteiger partial charge in [0.2, 0.25) is 11.9 Å². The van der Waals surface area contributed by atoms with Crippen LogP contribution in [0.1, 0.15) is 19.4 Å². The van der Waals surface area contributed by atoms with E-state index >= 15 is 0 Å². The van der Waals surface area contributed by atoms with Gasteiger partial charge in [-0.15, -0.1) is 0 Å². The zero-order chi connectivity index (χ0) is 23.1. The van der Waals surface area contributed by atoms with E-state index in [4.69, 9.17) is 16.3 Å². The molecule has 0 saturated carbocycles. The third-order valence-electron chi connectivity index (χ3n) is 4.81. The Morgan fingerprint density at radius 3 is 2.53 bits per heavy atom. The Labute approximate surface area is 191 Å². The molecule has 0 unspecified atom stereocenters. The number of hydrogen-bond acceptors (Lipinski definition) is 7. The van der Waals surface area contributed by atoms with Crippen molar-refractivity contribution in [1.82, 2.24) is 25.5 Å². The molecule has 1 aromatic heterocycles. The van der Waals surface area contributed by atoms with Gasteiger partial charge in [-0.3, -0.25) is 20.2 Å². The van der Waals surface area contributed by atoms with Crippen LogP contribution in [0.25, 0.3) is 11.1 Å². The number of hydrogen-bond donors (Lipinski definition) is 2. The van der Waals surface area contributed by atoms with Crippen LogP contribution in [-0.4, -0.2) is 50.8 Å². The Hall–Kier alpha value is -3.30. The number of benzene rings is 2.